The third-order valence-corrected chi connectivity index (χ3v) is 7.80. The molecule has 0 spiro atoms. The molecule has 0 atom stereocenters. The van der Waals surface area contributed by atoms with Crippen molar-refractivity contribution in [1.29, 1.82) is 0 Å². The topological polar surface area (TPSA) is 72.7 Å². The molecule has 9 heteroatoms. The average molecular weight is 506 g/mol. The van der Waals surface area contributed by atoms with Crippen LogP contribution in [0.1, 0.15) is 28.0 Å². The highest BCUT2D eigenvalue weighted by atomic mass is 32.1. The highest BCUT2D eigenvalue weighted by Gasteiger charge is 2.26. The Bertz CT molecular complexity index is 1340. The Morgan fingerprint density at radius 1 is 1.14 bits per heavy atom. The van der Waals surface area contributed by atoms with E-state index in [0.29, 0.717) is 23.0 Å². The standard InChI is InChI=1S/C27H31N5O3S/c1-19-10-11-23(34-3)24-25(19)36-27(29-24)31(13-7-12-30-14-16-35-17-15-30)26(33)22-18-28-32(20(22)2)21-8-5-4-6-9-21/h4-6,8-11,18H,7,12-17H2,1-3H3. The number of methoxy groups -OCH3 is 1. The van der Waals surface area contributed by atoms with Gasteiger partial charge in [0, 0.05) is 26.2 Å². The quantitative estimate of drug-likeness (QED) is 0.352. The molecular weight excluding hydrogens is 474 g/mol. The summed E-state index contributed by atoms with van der Waals surface area (Å²) in [5, 5.41) is 5.21. The first-order valence-corrected chi connectivity index (χ1v) is 13.0. The predicted octanol–water partition coefficient (Wildman–Crippen LogP) is 4.48. The van der Waals surface area contributed by atoms with Crippen molar-refractivity contribution in [1.82, 2.24) is 19.7 Å². The fourth-order valence-electron chi connectivity index (χ4n) is 4.53. The molecule has 188 valence electrons. The molecule has 8 nitrogen and oxygen atoms in total. The highest BCUT2D eigenvalue weighted by Crippen LogP contribution is 2.37. The van der Waals surface area contributed by atoms with Gasteiger partial charge in [0.05, 0.1) is 48.2 Å². The number of aromatic nitrogens is 3. The second-order valence-corrected chi connectivity index (χ2v) is 9.89. The van der Waals surface area contributed by atoms with E-state index in [-0.39, 0.29) is 5.91 Å². The van der Waals surface area contributed by atoms with E-state index < -0.39 is 0 Å². The molecule has 1 amide bonds. The third-order valence-electron chi connectivity index (χ3n) is 6.59. The Balaban J connectivity index is 1.47. The largest absolute Gasteiger partial charge is 0.494 e. The fourth-order valence-corrected chi connectivity index (χ4v) is 5.61. The Labute approximate surface area is 215 Å². The zero-order valence-electron chi connectivity index (χ0n) is 20.9. The predicted molar refractivity (Wildman–Crippen MR) is 143 cm³/mol. The molecule has 4 aromatic rings. The third kappa shape index (κ3) is 4.86. The molecular formula is C27H31N5O3S. The highest BCUT2D eigenvalue weighted by molar-refractivity contribution is 7.22. The Hall–Kier alpha value is -3.27. The lowest BCUT2D eigenvalue weighted by Crippen LogP contribution is -2.39. The van der Waals surface area contributed by atoms with Gasteiger partial charge in [0.15, 0.2) is 5.13 Å². The van der Waals surface area contributed by atoms with Crippen LogP contribution in [0.2, 0.25) is 0 Å². The molecule has 2 aromatic heterocycles. The number of amides is 1. The van der Waals surface area contributed by atoms with Crippen LogP contribution in [0.4, 0.5) is 5.13 Å². The van der Waals surface area contributed by atoms with Crippen molar-refractivity contribution < 1.29 is 14.3 Å². The minimum absolute atomic E-state index is 0.0904. The van der Waals surface area contributed by atoms with Crippen molar-refractivity contribution in [3.8, 4) is 11.4 Å². The van der Waals surface area contributed by atoms with Gasteiger partial charge < -0.3 is 9.47 Å². The van der Waals surface area contributed by atoms with Gasteiger partial charge in [-0.05, 0) is 44.0 Å². The molecule has 0 N–H and O–H groups in total. The number of nitrogens with zero attached hydrogens (tertiary/aromatic N) is 5. The van der Waals surface area contributed by atoms with E-state index in [4.69, 9.17) is 14.5 Å². The number of rotatable bonds is 8. The van der Waals surface area contributed by atoms with E-state index in [1.807, 2.05) is 59.0 Å². The number of aryl methyl sites for hydroxylation is 1. The molecule has 5 rings (SSSR count). The van der Waals surface area contributed by atoms with E-state index in [1.54, 1.807) is 13.3 Å². The van der Waals surface area contributed by atoms with Crippen molar-refractivity contribution in [2.45, 2.75) is 20.3 Å². The Morgan fingerprint density at radius 3 is 2.67 bits per heavy atom. The summed E-state index contributed by atoms with van der Waals surface area (Å²) in [6.45, 7) is 8.83. The minimum atomic E-state index is -0.0904. The molecule has 1 fully saturated rings. The van der Waals surface area contributed by atoms with E-state index in [2.05, 4.69) is 16.9 Å². The number of ether oxygens (including phenoxy) is 2. The van der Waals surface area contributed by atoms with Gasteiger partial charge in [-0.25, -0.2) is 9.67 Å². The van der Waals surface area contributed by atoms with E-state index >= 15 is 0 Å². The molecule has 2 aromatic carbocycles. The van der Waals surface area contributed by atoms with Crippen molar-refractivity contribution >= 4 is 32.6 Å². The normalized spacial score (nSPS) is 14.3. The summed E-state index contributed by atoms with van der Waals surface area (Å²) in [4.78, 5) is 23.1. The molecule has 0 bridgehead atoms. The first-order valence-electron chi connectivity index (χ1n) is 12.2. The summed E-state index contributed by atoms with van der Waals surface area (Å²) < 4.78 is 13.9. The maximum absolute atomic E-state index is 14.0. The van der Waals surface area contributed by atoms with Gasteiger partial charge in [-0.1, -0.05) is 35.6 Å². The number of carbonyl (C=O) groups is 1. The number of hydrogen-bond acceptors (Lipinski definition) is 7. The smallest absolute Gasteiger partial charge is 0.263 e. The average Bonchev–Trinajstić information content (AvgIpc) is 3.52. The summed E-state index contributed by atoms with van der Waals surface area (Å²) in [7, 11) is 1.65. The van der Waals surface area contributed by atoms with Gasteiger partial charge in [-0.15, -0.1) is 0 Å². The Kier molecular flexibility index (Phi) is 7.31. The van der Waals surface area contributed by atoms with E-state index in [0.717, 1.165) is 66.4 Å². The maximum atomic E-state index is 14.0. The molecule has 3 heterocycles. The molecule has 1 aliphatic heterocycles. The molecule has 0 saturated carbocycles. The van der Waals surface area contributed by atoms with Gasteiger partial charge in [-0.3, -0.25) is 14.6 Å². The molecule has 0 radical (unpaired) electrons. The number of para-hydroxylation sites is 1. The lowest BCUT2D eigenvalue weighted by molar-refractivity contribution is 0.0376. The fraction of sp³-hybridized carbons (Fsp3) is 0.370. The second kappa shape index (κ2) is 10.8. The van der Waals surface area contributed by atoms with Crippen molar-refractivity contribution in [2.75, 3.05) is 51.4 Å². The number of carbonyl (C=O) groups excluding carboxylic acids is 1. The van der Waals surface area contributed by atoms with Crippen LogP contribution in [0.5, 0.6) is 5.75 Å². The first kappa shape index (κ1) is 24.4. The van der Waals surface area contributed by atoms with Crippen LogP contribution < -0.4 is 9.64 Å². The number of hydrogen-bond donors (Lipinski definition) is 0. The number of fused-ring (bicyclic) bond motifs is 1. The SMILES string of the molecule is COc1ccc(C)c2sc(N(CCCN3CCOCC3)C(=O)c3cnn(-c4ccccc4)c3C)nc12. The van der Waals surface area contributed by atoms with Crippen LogP contribution in [0.3, 0.4) is 0 Å². The van der Waals surface area contributed by atoms with Crippen LogP contribution >= 0.6 is 11.3 Å². The van der Waals surface area contributed by atoms with Gasteiger partial charge >= 0.3 is 0 Å². The van der Waals surface area contributed by atoms with Crippen LogP contribution in [0, 0.1) is 13.8 Å². The Morgan fingerprint density at radius 2 is 1.92 bits per heavy atom. The number of morpholine rings is 1. The summed E-state index contributed by atoms with van der Waals surface area (Å²) >= 11 is 1.53. The first-order chi connectivity index (χ1) is 17.6. The molecule has 1 aliphatic rings. The van der Waals surface area contributed by atoms with Crippen molar-refractivity contribution in [2.24, 2.45) is 0 Å². The lowest BCUT2D eigenvalue weighted by atomic mass is 10.2. The number of thiazole rings is 1. The summed E-state index contributed by atoms with van der Waals surface area (Å²) in [5.74, 6) is 0.624. The minimum Gasteiger partial charge on any atom is -0.494 e. The molecule has 0 aliphatic carbocycles. The van der Waals surface area contributed by atoms with Crippen molar-refractivity contribution in [3.05, 3.63) is 65.5 Å². The monoisotopic (exact) mass is 505 g/mol. The van der Waals surface area contributed by atoms with E-state index in [9.17, 15) is 4.79 Å². The van der Waals surface area contributed by atoms with Crippen LogP contribution in [-0.2, 0) is 4.74 Å². The van der Waals surface area contributed by atoms with Gasteiger partial charge in [0.25, 0.3) is 5.91 Å². The summed E-state index contributed by atoms with van der Waals surface area (Å²) in [6, 6.07) is 13.8. The molecule has 0 unspecified atom stereocenters. The van der Waals surface area contributed by atoms with Gasteiger partial charge in [0.1, 0.15) is 11.3 Å². The zero-order valence-corrected chi connectivity index (χ0v) is 21.8. The summed E-state index contributed by atoms with van der Waals surface area (Å²) in [6.07, 6.45) is 2.50. The lowest BCUT2D eigenvalue weighted by Gasteiger charge is -2.27. The zero-order chi connectivity index (χ0) is 25.1. The molecule has 1 saturated heterocycles. The van der Waals surface area contributed by atoms with Crippen molar-refractivity contribution in [3.63, 3.8) is 0 Å². The van der Waals surface area contributed by atoms with E-state index in [1.165, 1.54) is 11.3 Å². The van der Waals surface area contributed by atoms with Gasteiger partial charge in [0.2, 0.25) is 0 Å². The van der Waals surface area contributed by atoms with Crippen LogP contribution in [0.25, 0.3) is 15.9 Å². The maximum Gasteiger partial charge on any atom is 0.263 e. The van der Waals surface area contributed by atoms with Crippen LogP contribution in [0.15, 0.2) is 48.7 Å². The van der Waals surface area contributed by atoms with Crippen LogP contribution in [-0.4, -0.2) is 72.1 Å². The molecule has 36 heavy (non-hydrogen) atoms. The second-order valence-electron chi connectivity index (χ2n) is 8.91. The number of benzene rings is 2. The number of anilines is 1. The summed E-state index contributed by atoms with van der Waals surface area (Å²) in [5.41, 5.74) is 4.21. The van der Waals surface area contributed by atoms with Gasteiger partial charge in [-0.2, -0.15) is 5.10 Å².